The second-order valence-electron chi connectivity index (χ2n) is 7.30. The lowest BCUT2D eigenvalue weighted by atomic mass is 9.86. The molecule has 0 radical (unpaired) electrons. The van der Waals surface area contributed by atoms with Crippen LogP contribution in [0.1, 0.15) is 37.5 Å². The van der Waals surface area contributed by atoms with Crippen molar-refractivity contribution in [3.8, 4) is 11.3 Å². The number of aromatic nitrogens is 1. The van der Waals surface area contributed by atoms with Gasteiger partial charge in [0.05, 0.1) is 11.2 Å². The molecular weight excluding hydrogens is 278 g/mol. The summed E-state index contributed by atoms with van der Waals surface area (Å²) in [4.78, 5) is 4.96. The van der Waals surface area contributed by atoms with Crippen LogP contribution in [0.5, 0.6) is 0 Å². The molecule has 0 amide bonds. The van der Waals surface area contributed by atoms with Crippen LogP contribution in [0.15, 0.2) is 54.6 Å². The van der Waals surface area contributed by atoms with E-state index in [1.807, 2.05) is 0 Å². The van der Waals surface area contributed by atoms with E-state index < -0.39 is 0 Å². The lowest BCUT2D eigenvalue weighted by Gasteiger charge is -2.19. The summed E-state index contributed by atoms with van der Waals surface area (Å²) in [5.74, 6) is 0. The van der Waals surface area contributed by atoms with Crippen LogP contribution in [0.2, 0.25) is 0 Å². The molecule has 4 rings (SSSR count). The van der Waals surface area contributed by atoms with Gasteiger partial charge in [0.25, 0.3) is 0 Å². The highest BCUT2D eigenvalue weighted by Gasteiger charge is 2.18. The van der Waals surface area contributed by atoms with Crippen LogP contribution in [-0.2, 0) is 11.8 Å². The van der Waals surface area contributed by atoms with Crippen molar-refractivity contribution in [3.05, 3.63) is 71.3 Å². The first-order chi connectivity index (χ1) is 11.0. The third kappa shape index (κ3) is 2.37. The zero-order valence-corrected chi connectivity index (χ0v) is 13.9. The Bertz CT molecular complexity index is 909. The summed E-state index contributed by atoms with van der Waals surface area (Å²) in [7, 11) is 0. The number of fused-ring (bicyclic) bond motifs is 3. The highest BCUT2D eigenvalue weighted by atomic mass is 14.7. The van der Waals surface area contributed by atoms with Gasteiger partial charge in [0.2, 0.25) is 0 Å². The molecule has 0 unspecified atom stereocenters. The van der Waals surface area contributed by atoms with Crippen molar-refractivity contribution in [3.63, 3.8) is 0 Å². The number of hydrogen-bond donors (Lipinski definition) is 0. The third-order valence-electron chi connectivity index (χ3n) is 4.67. The summed E-state index contributed by atoms with van der Waals surface area (Å²) in [6.45, 7) is 6.74. The van der Waals surface area contributed by atoms with E-state index in [2.05, 4.69) is 81.5 Å². The van der Waals surface area contributed by atoms with E-state index in [0.717, 1.165) is 17.6 Å². The van der Waals surface area contributed by atoms with Crippen molar-refractivity contribution < 1.29 is 0 Å². The van der Waals surface area contributed by atoms with Crippen LogP contribution in [0.4, 0.5) is 0 Å². The molecule has 1 aromatic heterocycles. The highest BCUT2D eigenvalue weighted by Crippen LogP contribution is 2.35. The number of hydrogen-bond acceptors (Lipinski definition) is 1. The Morgan fingerprint density at radius 3 is 2.39 bits per heavy atom. The monoisotopic (exact) mass is 299 g/mol. The maximum absolute atomic E-state index is 4.96. The lowest BCUT2D eigenvalue weighted by molar-refractivity contribution is 0.590. The smallest absolute Gasteiger partial charge is 0.0784 e. The average molecular weight is 299 g/mol. The normalized spacial score (nSPS) is 13.5. The first kappa shape index (κ1) is 14.2. The highest BCUT2D eigenvalue weighted by molar-refractivity contribution is 5.92. The molecule has 23 heavy (non-hydrogen) atoms. The van der Waals surface area contributed by atoms with Crippen LogP contribution in [0, 0.1) is 0 Å². The molecule has 1 heterocycles. The molecule has 0 N–H and O–H groups in total. The van der Waals surface area contributed by atoms with E-state index in [9.17, 15) is 0 Å². The van der Waals surface area contributed by atoms with Gasteiger partial charge in [-0.05, 0) is 29.0 Å². The van der Waals surface area contributed by atoms with Gasteiger partial charge in [0.1, 0.15) is 0 Å². The predicted octanol–water partition coefficient (Wildman–Crippen LogP) is 5.77. The number of benzene rings is 2. The van der Waals surface area contributed by atoms with Crippen LogP contribution in [0.25, 0.3) is 28.2 Å². The minimum atomic E-state index is 0.178. The molecular formula is C22H21N. The third-order valence-corrected chi connectivity index (χ3v) is 4.67. The fraction of sp³-hybridized carbons (Fsp3) is 0.227. The Balaban J connectivity index is 1.91. The van der Waals surface area contributed by atoms with Gasteiger partial charge < -0.3 is 0 Å². The van der Waals surface area contributed by atoms with E-state index >= 15 is 0 Å². The molecule has 2 aromatic carbocycles. The van der Waals surface area contributed by atoms with Gasteiger partial charge in [-0.3, -0.25) is 0 Å². The van der Waals surface area contributed by atoms with Crippen LogP contribution >= 0.6 is 0 Å². The van der Waals surface area contributed by atoms with Gasteiger partial charge in [-0.15, -0.1) is 0 Å². The van der Waals surface area contributed by atoms with Crippen molar-refractivity contribution in [2.75, 3.05) is 0 Å². The Labute approximate surface area is 137 Å². The second-order valence-corrected chi connectivity index (χ2v) is 7.30. The first-order valence-electron chi connectivity index (χ1n) is 8.23. The number of allylic oxidation sites excluding steroid dienone is 1. The Morgan fingerprint density at radius 2 is 1.65 bits per heavy atom. The largest absolute Gasteiger partial charge is 0.247 e. The van der Waals surface area contributed by atoms with Crippen molar-refractivity contribution in [1.82, 2.24) is 4.98 Å². The van der Waals surface area contributed by atoms with Gasteiger partial charge >= 0.3 is 0 Å². The minimum absolute atomic E-state index is 0.178. The summed E-state index contributed by atoms with van der Waals surface area (Å²) in [5, 5.41) is 1.28. The topological polar surface area (TPSA) is 12.9 Å². The summed E-state index contributed by atoms with van der Waals surface area (Å²) in [6.07, 6.45) is 5.47. The number of para-hydroxylation sites is 1. The van der Waals surface area contributed by atoms with Gasteiger partial charge in [-0.25, -0.2) is 4.98 Å². The SMILES string of the molecule is CC(C)(C)c1ccc(-c2nc3ccccc3c3c2C=CC3)cc1. The molecule has 1 heteroatoms. The summed E-state index contributed by atoms with van der Waals surface area (Å²) in [6, 6.07) is 17.3. The first-order valence-corrected chi connectivity index (χ1v) is 8.23. The van der Waals surface area contributed by atoms with Crippen LogP contribution in [0.3, 0.4) is 0 Å². The molecule has 0 fully saturated rings. The van der Waals surface area contributed by atoms with E-state index in [1.165, 1.54) is 27.6 Å². The van der Waals surface area contributed by atoms with Crippen molar-refractivity contribution in [2.45, 2.75) is 32.6 Å². The number of nitrogens with zero attached hydrogens (tertiary/aromatic N) is 1. The molecule has 0 saturated carbocycles. The molecule has 0 bridgehead atoms. The molecule has 0 saturated heterocycles. The summed E-state index contributed by atoms with van der Waals surface area (Å²) >= 11 is 0. The fourth-order valence-corrected chi connectivity index (χ4v) is 3.34. The number of rotatable bonds is 1. The molecule has 1 aliphatic rings. The Kier molecular flexibility index (Phi) is 3.12. The fourth-order valence-electron chi connectivity index (χ4n) is 3.34. The van der Waals surface area contributed by atoms with E-state index in [-0.39, 0.29) is 5.41 Å². The summed E-state index contributed by atoms with van der Waals surface area (Å²) < 4.78 is 0. The molecule has 114 valence electrons. The molecule has 1 nitrogen and oxygen atoms in total. The number of pyridine rings is 1. The molecule has 0 atom stereocenters. The predicted molar refractivity (Wildman–Crippen MR) is 98.6 cm³/mol. The standard InChI is InChI=1S/C22H21N/c1-22(2,3)16-13-11-15(12-14-16)21-19-9-6-8-17(19)18-7-4-5-10-20(18)23-21/h4-7,9-14H,8H2,1-3H3. The second kappa shape index (κ2) is 5.06. The lowest BCUT2D eigenvalue weighted by Crippen LogP contribution is -2.10. The Morgan fingerprint density at radius 1 is 0.913 bits per heavy atom. The Hall–Kier alpha value is -2.41. The zero-order valence-electron chi connectivity index (χ0n) is 13.9. The van der Waals surface area contributed by atoms with Gasteiger partial charge in [-0.1, -0.05) is 75.4 Å². The van der Waals surface area contributed by atoms with Crippen molar-refractivity contribution in [2.24, 2.45) is 0 Å². The van der Waals surface area contributed by atoms with Crippen molar-refractivity contribution in [1.29, 1.82) is 0 Å². The van der Waals surface area contributed by atoms with E-state index in [1.54, 1.807) is 0 Å². The summed E-state index contributed by atoms with van der Waals surface area (Å²) in [5.41, 5.74) is 7.62. The quantitative estimate of drug-likeness (QED) is 0.556. The van der Waals surface area contributed by atoms with Crippen molar-refractivity contribution >= 4 is 17.0 Å². The van der Waals surface area contributed by atoms with E-state index in [4.69, 9.17) is 4.98 Å². The molecule has 0 spiro atoms. The maximum atomic E-state index is 4.96. The zero-order chi connectivity index (χ0) is 16.0. The van der Waals surface area contributed by atoms with Gasteiger partial charge in [0, 0.05) is 16.5 Å². The van der Waals surface area contributed by atoms with Crippen LogP contribution in [-0.4, -0.2) is 4.98 Å². The average Bonchev–Trinajstić information content (AvgIpc) is 3.03. The van der Waals surface area contributed by atoms with Crippen LogP contribution < -0.4 is 0 Å². The van der Waals surface area contributed by atoms with Gasteiger partial charge in [-0.2, -0.15) is 0 Å². The molecule has 0 aliphatic heterocycles. The van der Waals surface area contributed by atoms with Gasteiger partial charge in [0.15, 0.2) is 0 Å². The van der Waals surface area contributed by atoms with E-state index in [0.29, 0.717) is 0 Å². The molecule has 3 aromatic rings. The maximum Gasteiger partial charge on any atom is 0.0784 e. The minimum Gasteiger partial charge on any atom is -0.247 e. The molecule has 1 aliphatic carbocycles.